The molecule has 5 nitrogen and oxygen atoms in total. The first kappa shape index (κ1) is 23.1. The highest BCUT2D eigenvalue weighted by Gasteiger charge is 2.45. The molecule has 3 aromatic rings. The maximum Gasteiger partial charge on any atom is 0.144 e. The maximum absolute atomic E-state index is 11.4. The number of hydrogen-bond donors (Lipinski definition) is 3. The van der Waals surface area contributed by atoms with Gasteiger partial charge in [0.2, 0.25) is 0 Å². The summed E-state index contributed by atoms with van der Waals surface area (Å²) in [5.41, 5.74) is 5.39. The molecule has 6 rings (SSSR count). The first-order chi connectivity index (χ1) is 16.6. The van der Waals surface area contributed by atoms with Gasteiger partial charge in [-0.1, -0.05) is 42.5 Å². The highest BCUT2D eigenvalue weighted by molar-refractivity contribution is 5.84. The normalized spacial score (nSPS) is 23.9. The van der Waals surface area contributed by atoms with E-state index >= 15 is 0 Å². The summed E-state index contributed by atoms with van der Waals surface area (Å²) >= 11 is 0. The van der Waals surface area contributed by atoms with Gasteiger partial charge in [-0.15, -0.1) is 0 Å². The lowest BCUT2D eigenvalue weighted by atomic mass is 9.61. The second-order valence-electron chi connectivity index (χ2n) is 10.1. The summed E-state index contributed by atoms with van der Waals surface area (Å²) in [5, 5.41) is 15.0. The van der Waals surface area contributed by atoms with E-state index in [1.54, 1.807) is 7.11 Å². The molecule has 3 N–H and O–H groups in total. The Labute approximate surface area is 202 Å². The Morgan fingerprint density at radius 2 is 1.97 bits per heavy atom. The molecule has 0 radical (unpaired) electrons. The minimum atomic E-state index is -0.556. The average Bonchev–Trinajstić information content (AvgIpc) is 3.30. The van der Waals surface area contributed by atoms with Crippen molar-refractivity contribution in [2.75, 3.05) is 20.2 Å². The number of aryl methyl sites for hydroxylation is 2. The van der Waals surface area contributed by atoms with Crippen molar-refractivity contribution < 1.29 is 9.84 Å². The number of allylic oxidation sites excluding steroid dienone is 1. The van der Waals surface area contributed by atoms with Gasteiger partial charge in [0, 0.05) is 12.3 Å². The maximum atomic E-state index is 11.4. The second-order valence-corrected chi connectivity index (χ2v) is 10.1. The quantitative estimate of drug-likeness (QED) is 0.354. The van der Waals surface area contributed by atoms with Crippen LogP contribution < -0.4 is 10.1 Å². The van der Waals surface area contributed by atoms with Crippen LogP contribution in [0.5, 0.6) is 5.75 Å². The summed E-state index contributed by atoms with van der Waals surface area (Å²) in [6.07, 6.45) is 9.51. The molecular weight excluding hydrogens is 422 g/mol. The largest absolute Gasteiger partial charge is 0.494 e. The summed E-state index contributed by atoms with van der Waals surface area (Å²) < 4.78 is 5.47. The molecule has 3 aliphatic rings. The molecule has 1 saturated carbocycles. The van der Waals surface area contributed by atoms with Crippen LogP contribution in [0.15, 0.2) is 48.5 Å². The molecule has 0 aliphatic heterocycles. The lowest BCUT2D eigenvalue weighted by molar-refractivity contribution is -0.0524. The molecule has 2 aromatic carbocycles. The van der Waals surface area contributed by atoms with Crippen LogP contribution in [0, 0.1) is 18.8 Å². The van der Waals surface area contributed by atoms with E-state index < -0.39 is 5.60 Å². The molecule has 1 aromatic heterocycles. The smallest absolute Gasteiger partial charge is 0.144 e. The molecular formula is C29H37N3O2. The fourth-order valence-electron chi connectivity index (χ4n) is 5.95. The lowest BCUT2D eigenvalue weighted by Crippen LogP contribution is -2.47. The predicted molar refractivity (Wildman–Crippen MR) is 138 cm³/mol. The van der Waals surface area contributed by atoms with Crippen molar-refractivity contribution in [1.29, 1.82) is 0 Å². The number of rotatable bonds is 10. The highest BCUT2D eigenvalue weighted by atomic mass is 16.5. The first-order valence-electron chi connectivity index (χ1n) is 12.8. The number of methoxy groups -OCH3 is 1. The third-order valence-electron chi connectivity index (χ3n) is 7.87. The van der Waals surface area contributed by atoms with Gasteiger partial charge in [0.05, 0.1) is 18.2 Å². The van der Waals surface area contributed by atoms with Gasteiger partial charge >= 0.3 is 0 Å². The van der Waals surface area contributed by atoms with E-state index in [9.17, 15) is 5.11 Å². The van der Waals surface area contributed by atoms with Gasteiger partial charge in [0.15, 0.2) is 0 Å². The number of nitrogens with one attached hydrogen (secondary N) is 2. The number of H-pyrrole nitrogens is 1. The fraction of sp³-hybridized carbons (Fsp3) is 0.483. The van der Waals surface area contributed by atoms with Crippen molar-refractivity contribution in [2.24, 2.45) is 11.8 Å². The molecule has 2 bridgehead atoms. The minimum Gasteiger partial charge on any atom is -0.494 e. The Kier molecular flexibility index (Phi) is 6.75. The number of aliphatic hydroxyl groups is 1. The Morgan fingerprint density at radius 1 is 1.12 bits per heavy atom. The molecule has 0 saturated heterocycles. The molecule has 0 amide bonds. The predicted octanol–water partition coefficient (Wildman–Crippen LogP) is 5.43. The third kappa shape index (κ3) is 4.64. The topological polar surface area (TPSA) is 70.2 Å². The Hall–Kier alpha value is -2.63. The zero-order valence-electron chi connectivity index (χ0n) is 20.4. The summed E-state index contributed by atoms with van der Waals surface area (Å²) in [5.74, 6) is 2.64. The summed E-state index contributed by atoms with van der Waals surface area (Å²) in [7, 11) is 1.70. The van der Waals surface area contributed by atoms with E-state index in [1.165, 1.54) is 23.1 Å². The number of nitrogens with zero attached hydrogens (tertiary/aromatic N) is 1. The van der Waals surface area contributed by atoms with Crippen LogP contribution in [-0.4, -0.2) is 40.9 Å². The first-order valence-corrected chi connectivity index (χ1v) is 12.8. The number of unbranched alkanes of at least 4 members (excludes halogenated alkanes) is 1. The Morgan fingerprint density at radius 3 is 2.74 bits per heavy atom. The molecule has 1 heterocycles. The fourth-order valence-corrected chi connectivity index (χ4v) is 5.95. The average molecular weight is 460 g/mol. The summed E-state index contributed by atoms with van der Waals surface area (Å²) in [6.45, 7) is 3.92. The van der Waals surface area contributed by atoms with E-state index in [1.807, 2.05) is 6.07 Å². The van der Waals surface area contributed by atoms with Crippen molar-refractivity contribution in [1.82, 2.24) is 15.3 Å². The molecule has 34 heavy (non-hydrogen) atoms. The second kappa shape index (κ2) is 9.93. The summed E-state index contributed by atoms with van der Waals surface area (Å²) in [4.78, 5) is 8.22. The van der Waals surface area contributed by atoms with E-state index in [0.717, 1.165) is 74.2 Å². The van der Waals surface area contributed by atoms with E-state index in [4.69, 9.17) is 9.72 Å². The third-order valence-corrected chi connectivity index (χ3v) is 7.87. The number of imidazole rings is 1. The van der Waals surface area contributed by atoms with Crippen LogP contribution in [0.1, 0.15) is 55.5 Å². The standard InChI is InChI=1S/C29H37N3O2/c1-20-11-14-25(34-2)28-27(20)31-26(32-28)10-6-7-16-30-17-15-29(33)19-22-12-13-23(29)18-24(22)21-8-4-3-5-9-21/h3-5,8-9,11,14,18,22-23,30,33H,6-7,10,12-13,15-17,19H2,1-2H3,(H,31,32)/t22-,23-,29+/m1/s1. The van der Waals surface area contributed by atoms with Gasteiger partial charge in [0.1, 0.15) is 17.1 Å². The van der Waals surface area contributed by atoms with Crippen molar-refractivity contribution in [3.8, 4) is 5.75 Å². The van der Waals surface area contributed by atoms with Gasteiger partial charge in [0.25, 0.3) is 0 Å². The number of aromatic amines is 1. The SMILES string of the molecule is COc1ccc(C)c2nc(CCCCNCC[C@]3(O)C[C@H]4CC[C@@H]3C=C4c3ccccc3)[nH]c12. The molecule has 0 spiro atoms. The van der Waals surface area contributed by atoms with Crippen LogP contribution in [0.2, 0.25) is 0 Å². The van der Waals surface area contributed by atoms with Gasteiger partial charge in [-0.2, -0.15) is 0 Å². The van der Waals surface area contributed by atoms with Crippen LogP contribution in [-0.2, 0) is 6.42 Å². The van der Waals surface area contributed by atoms with Crippen LogP contribution in [0.4, 0.5) is 0 Å². The number of benzene rings is 2. The van der Waals surface area contributed by atoms with Gasteiger partial charge in [-0.3, -0.25) is 0 Å². The zero-order chi connectivity index (χ0) is 23.5. The number of ether oxygens (including phenoxy) is 1. The van der Waals surface area contributed by atoms with Gasteiger partial charge < -0.3 is 20.1 Å². The Bertz CT molecular complexity index is 1150. The molecule has 3 aliphatic carbocycles. The molecule has 3 atom stereocenters. The van der Waals surface area contributed by atoms with Crippen LogP contribution in [0.3, 0.4) is 0 Å². The van der Waals surface area contributed by atoms with Crippen molar-refractivity contribution in [3.05, 3.63) is 65.5 Å². The van der Waals surface area contributed by atoms with E-state index in [0.29, 0.717) is 5.92 Å². The Balaban J connectivity index is 1.06. The monoisotopic (exact) mass is 459 g/mol. The van der Waals surface area contributed by atoms with Gasteiger partial charge in [-0.25, -0.2) is 4.98 Å². The van der Waals surface area contributed by atoms with Crippen LogP contribution in [0.25, 0.3) is 16.6 Å². The zero-order valence-corrected chi connectivity index (χ0v) is 20.4. The molecule has 180 valence electrons. The van der Waals surface area contributed by atoms with E-state index in [-0.39, 0.29) is 5.92 Å². The number of hydrogen-bond acceptors (Lipinski definition) is 4. The van der Waals surface area contributed by atoms with Crippen molar-refractivity contribution in [3.63, 3.8) is 0 Å². The van der Waals surface area contributed by atoms with E-state index in [2.05, 4.69) is 59.7 Å². The number of fused-ring (bicyclic) bond motifs is 3. The van der Waals surface area contributed by atoms with Crippen LogP contribution >= 0.6 is 0 Å². The highest BCUT2D eigenvalue weighted by Crippen LogP contribution is 2.50. The molecule has 0 unspecified atom stereocenters. The number of aromatic nitrogens is 2. The summed E-state index contributed by atoms with van der Waals surface area (Å²) in [6, 6.07) is 14.8. The van der Waals surface area contributed by atoms with Gasteiger partial charge in [-0.05, 0) is 87.2 Å². The molecule has 5 heteroatoms. The minimum absolute atomic E-state index is 0.281. The lowest BCUT2D eigenvalue weighted by Gasteiger charge is -2.48. The molecule has 1 fully saturated rings. The van der Waals surface area contributed by atoms with Crippen molar-refractivity contribution in [2.45, 2.75) is 57.5 Å². The van der Waals surface area contributed by atoms with Crippen molar-refractivity contribution >= 4 is 16.6 Å².